The number of nitrogens with two attached hydrogens (primary N) is 1. The number of sulfonamides is 1. The van der Waals surface area contributed by atoms with Gasteiger partial charge in [0.25, 0.3) is 0 Å². The van der Waals surface area contributed by atoms with Crippen molar-refractivity contribution in [1.82, 2.24) is 19.1 Å². The van der Waals surface area contributed by atoms with E-state index in [1.807, 2.05) is 0 Å². The van der Waals surface area contributed by atoms with E-state index in [1.165, 1.54) is 30.9 Å². The molecule has 2 rings (SSSR count). The van der Waals surface area contributed by atoms with E-state index in [-0.39, 0.29) is 10.8 Å². The summed E-state index contributed by atoms with van der Waals surface area (Å²) in [4.78, 5) is 4.12. The van der Waals surface area contributed by atoms with Crippen LogP contribution >= 0.6 is 15.9 Å². The van der Waals surface area contributed by atoms with E-state index in [1.54, 1.807) is 12.1 Å². The molecule has 9 heteroatoms. The minimum absolute atomic E-state index is 0.136. The van der Waals surface area contributed by atoms with Gasteiger partial charge in [0.1, 0.15) is 0 Å². The molecule has 102 valence electrons. The van der Waals surface area contributed by atoms with Crippen molar-refractivity contribution >= 4 is 31.9 Å². The van der Waals surface area contributed by atoms with E-state index >= 15 is 0 Å². The fourth-order valence-electron chi connectivity index (χ4n) is 1.44. The third-order valence-electron chi connectivity index (χ3n) is 2.44. The van der Waals surface area contributed by atoms with Crippen molar-refractivity contribution in [2.24, 2.45) is 0 Å². The maximum Gasteiger partial charge on any atom is 0.242 e. The van der Waals surface area contributed by atoms with Crippen LogP contribution in [0.3, 0.4) is 0 Å². The SMILES string of the molecule is CN(C)S(=O)(=O)c1ccc(-n2nc(N)nc2Br)cc1. The summed E-state index contributed by atoms with van der Waals surface area (Å²) in [6.07, 6.45) is 0. The van der Waals surface area contributed by atoms with Gasteiger partial charge in [0.05, 0.1) is 10.6 Å². The van der Waals surface area contributed by atoms with Gasteiger partial charge in [-0.15, -0.1) is 5.10 Å². The van der Waals surface area contributed by atoms with Crippen molar-refractivity contribution in [3.05, 3.63) is 29.0 Å². The van der Waals surface area contributed by atoms with E-state index in [2.05, 4.69) is 26.0 Å². The summed E-state index contributed by atoms with van der Waals surface area (Å²) in [5.74, 6) is 0.136. The first-order valence-electron chi connectivity index (χ1n) is 5.23. The molecule has 0 fully saturated rings. The van der Waals surface area contributed by atoms with E-state index in [9.17, 15) is 8.42 Å². The molecule has 19 heavy (non-hydrogen) atoms. The smallest absolute Gasteiger partial charge is 0.242 e. The lowest BCUT2D eigenvalue weighted by molar-refractivity contribution is 0.520. The van der Waals surface area contributed by atoms with Gasteiger partial charge in [0.15, 0.2) is 0 Å². The Morgan fingerprint density at radius 3 is 2.26 bits per heavy atom. The number of nitrogen functional groups attached to an aromatic ring is 1. The monoisotopic (exact) mass is 345 g/mol. The second kappa shape index (κ2) is 4.91. The highest BCUT2D eigenvalue weighted by molar-refractivity contribution is 9.10. The Kier molecular flexibility index (Phi) is 3.61. The van der Waals surface area contributed by atoms with E-state index in [0.29, 0.717) is 10.4 Å². The van der Waals surface area contributed by atoms with Gasteiger partial charge in [-0.25, -0.2) is 17.4 Å². The first-order chi connectivity index (χ1) is 8.82. The minimum Gasteiger partial charge on any atom is -0.366 e. The number of benzene rings is 1. The predicted molar refractivity (Wildman–Crippen MR) is 74.3 cm³/mol. The van der Waals surface area contributed by atoms with Gasteiger partial charge in [-0.05, 0) is 40.2 Å². The Bertz CT molecular complexity index is 693. The quantitative estimate of drug-likeness (QED) is 0.890. The Balaban J connectivity index is 2.42. The molecule has 0 amide bonds. The molecule has 2 N–H and O–H groups in total. The lowest BCUT2D eigenvalue weighted by Gasteiger charge is -2.11. The normalized spacial score (nSPS) is 12.0. The fraction of sp³-hybridized carbons (Fsp3) is 0.200. The molecule has 0 aliphatic carbocycles. The van der Waals surface area contributed by atoms with Crippen LogP contribution in [0.2, 0.25) is 0 Å². The molecule has 0 saturated carbocycles. The molecule has 0 saturated heterocycles. The Labute approximate surface area is 119 Å². The summed E-state index contributed by atoms with van der Waals surface area (Å²) in [5.41, 5.74) is 6.14. The number of halogens is 1. The molecule has 0 radical (unpaired) electrons. The number of aromatic nitrogens is 3. The zero-order chi connectivity index (χ0) is 14.2. The molecule has 0 atom stereocenters. The maximum atomic E-state index is 11.9. The highest BCUT2D eigenvalue weighted by atomic mass is 79.9. The van der Waals surface area contributed by atoms with Gasteiger partial charge in [-0.1, -0.05) is 0 Å². The summed E-state index contributed by atoms with van der Waals surface area (Å²) in [5, 5.41) is 3.98. The van der Waals surface area contributed by atoms with Crippen LogP contribution in [-0.2, 0) is 10.0 Å². The number of rotatable bonds is 3. The molecule has 0 unspecified atom stereocenters. The average molecular weight is 346 g/mol. The number of hydrogen-bond donors (Lipinski definition) is 1. The van der Waals surface area contributed by atoms with Gasteiger partial charge < -0.3 is 5.73 Å². The van der Waals surface area contributed by atoms with Crippen LogP contribution in [0.25, 0.3) is 5.69 Å². The van der Waals surface area contributed by atoms with Crippen molar-refractivity contribution in [2.45, 2.75) is 4.90 Å². The Hall–Kier alpha value is -1.45. The number of anilines is 1. The molecular weight excluding hydrogens is 334 g/mol. The molecule has 7 nitrogen and oxygen atoms in total. The van der Waals surface area contributed by atoms with E-state index in [0.717, 1.165) is 4.31 Å². The first-order valence-corrected chi connectivity index (χ1v) is 7.46. The van der Waals surface area contributed by atoms with Crippen molar-refractivity contribution in [2.75, 3.05) is 19.8 Å². The molecule has 0 aliphatic heterocycles. The molecule has 2 aromatic rings. The summed E-state index contributed by atoms with van der Waals surface area (Å²) < 4.78 is 26.9. The van der Waals surface area contributed by atoms with Crippen LogP contribution in [0.15, 0.2) is 33.9 Å². The van der Waals surface area contributed by atoms with Crippen molar-refractivity contribution in [3.63, 3.8) is 0 Å². The standard InChI is InChI=1S/C10H12BrN5O2S/c1-15(2)19(17,18)8-5-3-7(4-6-8)16-9(11)13-10(12)14-16/h3-6H,1-2H3,(H2,12,14). The van der Waals surface area contributed by atoms with Gasteiger partial charge in [0.2, 0.25) is 20.7 Å². The zero-order valence-electron chi connectivity index (χ0n) is 10.3. The largest absolute Gasteiger partial charge is 0.366 e. The number of nitrogens with zero attached hydrogens (tertiary/aromatic N) is 4. The molecule has 1 aromatic heterocycles. The molecule has 0 spiro atoms. The average Bonchev–Trinajstić information content (AvgIpc) is 2.68. The number of hydrogen-bond acceptors (Lipinski definition) is 5. The van der Waals surface area contributed by atoms with Crippen LogP contribution in [0.1, 0.15) is 0 Å². The second-order valence-electron chi connectivity index (χ2n) is 3.93. The third kappa shape index (κ3) is 2.62. The van der Waals surface area contributed by atoms with Crippen molar-refractivity contribution < 1.29 is 8.42 Å². The fourth-order valence-corrected chi connectivity index (χ4v) is 2.81. The summed E-state index contributed by atoms with van der Waals surface area (Å²) in [7, 11) is -0.461. The van der Waals surface area contributed by atoms with Crippen LogP contribution in [-0.4, -0.2) is 41.6 Å². The summed E-state index contributed by atoms with van der Waals surface area (Å²) in [6, 6.07) is 6.29. The van der Waals surface area contributed by atoms with Crippen molar-refractivity contribution in [1.29, 1.82) is 0 Å². The maximum absolute atomic E-state index is 11.9. The lowest BCUT2D eigenvalue weighted by atomic mass is 10.3. The third-order valence-corrected chi connectivity index (χ3v) is 4.79. The lowest BCUT2D eigenvalue weighted by Crippen LogP contribution is -2.22. The first kappa shape index (κ1) is 14.0. The Morgan fingerprint density at radius 2 is 1.84 bits per heavy atom. The van der Waals surface area contributed by atoms with Crippen LogP contribution in [0, 0.1) is 0 Å². The van der Waals surface area contributed by atoms with Crippen molar-refractivity contribution in [3.8, 4) is 5.69 Å². The van der Waals surface area contributed by atoms with Gasteiger partial charge in [-0.3, -0.25) is 0 Å². The molecule has 1 heterocycles. The zero-order valence-corrected chi connectivity index (χ0v) is 12.7. The topological polar surface area (TPSA) is 94.1 Å². The van der Waals surface area contributed by atoms with Gasteiger partial charge in [-0.2, -0.15) is 4.98 Å². The van der Waals surface area contributed by atoms with Crippen LogP contribution in [0.5, 0.6) is 0 Å². The summed E-state index contributed by atoms with van der Waals surface area (Å²) in [6.45, 7) is 0. The minimum atomic E-state index is -3.43. The highest BCUT2D eigenvalue weighted by Gasteiger charge is 2.17. The van der Waals surface area contributed by atoms with Gasteiger partial charge >= 0.3 is 0 Å². The predicted octanol–water partition coefficient (Wildman–Crippen LogP) is 0.862. The molecular formula is C10H12BrN5O2S. The summed E-state index contributed by atoms with van der Waals surface area (Å²) >= 11 is 3.22. The van der Waals surface area contributed by atoms with E-state index in [4.69, 9.17) is 5.73 Å². The van der Waals surface area contributed by atoms with Gasteiger partial charge in [0, 0.05) is 14.1 Å². The van der Waals surface area contributed by atoms with Crippen LogP contribution < -0.4 is 5.73 Å². The molecule has 0 bridgehead atoms. The molecule has 1 aromatic carbocycles. The van der Waals surface area contributed by atoms with Crippen LogP contribution in [0.4, 0.5) is 5.95 Å². The highest BCUT2D eigenvalue weighted by Crippen LogP contribution is 2.19. The van der Waals surface area contributed by atoms with E-state index < -0.39 is 10.0 Å². The Morgan fingerprint density at radius 1 is 1.26 bits per heavy atom. The second-order valence-corrected chi connectivity index (χ2v) is 6.79. The molecule has 0 aliphatic rings.